The molecule has 0 radical (unpaired) electrons. The Hall–Kier alpha value is -2.83. The second-order valence-electron chi connectivity index (χ2n) is 8.56. The normalized spacial score (nSPS) is 15.6. The molecule has 0 unspecified atom stereocenters. The van der Waals surface area contributed by atoms with E-state index in [2.05, 4.69) is 5.32 Å². The molecule has 1 N–H and O–H groups in total. The van der Waals surface area contributed by atoms with Crippen LogP contribution in [-0.4, -0.2) is 72.7 Å². The number of hydrogen-bond donors (Lipinski definition) is 1. The van der Waals surface area contributed by atoms with Crippen molar-refractivity contribution in [2.24, 2.45) is 0 Å². The van der Waals surface area contributed by atoms with E-state index in [1.807, 2.05) is 0 Å². The fraction of sp³-hybridized carbons (Fsp3) is 0.458. The van der Waals surface area contributed by atoms with Crippen LogP contribution in [-0.2, 0) is 24.8 Å². The maximum atomic E-state index is 12.7. The first-order valence-electron chi connectivity index (χ1n) is 11.7. The molecule has 0 aliphatic carbocycles. The van der Waals surface area contributed by atoms with Gasteiger partial charge in [-0.05, 0) is 68.3 Å². The second kappa shape index (κ2) is 11.9. The largest absolute Gasteiger partial charge is 0.492 e. The zero-order chi connectivity index (χ0) is 26.3. The van der Waals surface area contributed by atoms with E-state index in [9.17, 15) is 21.6 Å². The fourth-order valence-corrected chi connectivity index (χ4v) is 5.65. The summed E-state index contributed by atoms with van der Waals surface area (Å²) >= 11 is 0. The van der Waals surface area contributed by atoms with Crippen LogP contribution in [0.5, 0.6) is 11.5 Å². The van der Waals surface area contributed by atoms with Crippen LogP contribution in [0.2, 0.25) is 0 Å². The molecule has 1 aliphatic rings. The van der Waals surface area contributed by atoms with Crippen molar-refractivity contribution in [1.29, 1.82) is 0 Å². The topological polar surface area (TPSA) is 122 Å². The zero-order valence-corrected chi connectivity index (χ0v) is 22.3. The van der Waals surface area contributed by atoms with Crippen molar-refractivity contribution in [2.75, 3.05) is 43.8 Å². The third-order valence-electron chi connectivity index (χ3n) is 5.83. The first-order chi connectivity index (χ1) is 17.0. The summed E-state index contributed by atoms with van der Waals surface area (Å²) in [6.07, 6.45) is 3.15. The number of piperidine rings is 1. The number of carbonyl (C=O) groups is 1. The molecule has 1 aliphatic heterocycles. The summed E-state index contributed by atoms with van der Waals surface area (Å²) in [5, 5.41) is 2.72. The van der Waals surface area contributed by atoms with E-state index in [1.165, 1.54) is 23.5 Å². The number of carbonyl (C=O) groups excluding carboxylic acids is 1. The predicted octanol–water partition coefficient (Wildman–Crippen LogP) is 2.22. The lowest BCUT2D eigenvalue weighted by molar-refractivity contribution is -0.127. The summed E-state index contributed by atoms with van der Waals surface area (Å²) in [4.78, 5) is 12.6. The molecule has 1 atom stereocenters. The number of anilines is 1. The van der Waals surface area contributed by atoms with Gasteiger partial charge in [0.15, 0.2) is 6.10 Å². The Balaban J connectivity index is 1.42. The van der Waals surface area contributed by atoms with Gasteiger partial charge in [-0.25, -0.2) is 16.8 Å². The van der Waals surface area contributed by atoms with Crippen molar-refractivity contribution in [1.82, 2.24) is 9.62 Å². The molecule has 12 heteroatoms. The molecule has 3 rings (SSSR count). The minimum atomic E-state index is -3.49. The molecule has 1 saturated heterocycles. The highest BCUT2D eigenvalue weighted by molar-refractivity contribution is 7.92. The Labute approximate surface area is 213 Å². The molecule has 10 nitrogen and oxygen atoms in total. The lowest BCUT2D eigenvalue weighted by atomic mass is 10.2. The third-order valence-corrected chi connectivity index (χ3v) is 8.95. The average Bonchev–Trinajstić information content (AvgIpc) is 2.86. The molecule has 1 fully saturated rings. The highest BCUT2D eigenvalue weighted by Crippen LogP contribution is 2.23. The Bertz CT molecular complexity index is 1230. The van der Waals surface area contributed by atoms with E-state index in [-0.39, 0.29) is 24.0 Å². The summed E-state index contributed by atoms with van der Waals surface area (Å²) < 4.78 is 62.6. The minimum absolute atomic E-state index is 0.198. The summed E-state index contributed by atoms with van der Waals surface area (Å²) in [7, 11) is -5.40. The molecule has 198 valence electrons. The SMILES string of the molecule is C[C@@H](Oc1ccc(N(C)S(C)(=O)=O)cc1)C(=O)NCCOc1ccc(S(=O)(=O)N2CCCCC2)cc1. The van der Waals surface area contributed by atoms with Gasteiger partial charge in [-0.3, -0.25) is 9.10 Å². The zero-order valence-electron chi connectivity index (χ0n) is 20.7. The smallest absolute Gasteiger partial charge is 0.260 e. The molecule has 2 aromatic carbocycles. The Kier molecular flexibility index (Phi) is 9.20. The molecular formula is C24H33N3O7S2. The maximum absolute atomic E-state index is 12.7. The Morgan fingerprint density at radius 3 is 2.14 bits per heavy atom. The Morgan fingerprint density at radius 1 is 0.972 bits per heavy atom. The molecule has 0 spiro atoms. The highest BCUT2D eigenvalue weighted by atomic mass is 32.2. The second-order valence-corrected chi connectivity index (χ2v) is 12.5. The summed E-state index contributed by atoms with van der Waals surface area (Å²) in [6, 6.07) is 12.7. The van der Waals surface area contributed by atoms with Gasteiger partial charge in [0, 0.05) is 20.1 Å². The van der Waals surface area contributed by atoms with Crippen molar-refractivity contribution < 1.29 is 31.1 Å². The number of rotatable bonds is 11. The van der Waals surface area contributed by atoms with E-state index < -0.39 is 26.2 Å². The van der Waals surface area contributed by atoms with Crippen LogP contribution < -0.4 is 19.1 Å². The minimum Gasteiger partial charge on any atom is -0.492 e. The van der Waals surface area contributed by atoms with Crippen LogP contribution in [0.15, 0.2) is 53.4 Å². The Morgan fingerprint density at radius 2 is 1.56 bits per heavy atom. The predicted molar refractivity (Wildman–Crippen MR) is 137 cm³/mol. The highest BCUT2D eigenvalue weighted by Gasteiger charge is 2.25. The number of nitrogens with one attached hydrogen (secondary N) is 1. The number of amides is 1. The van der Waals surface area contributed by atoms with Gasteiger partial charge in [-0.15, -0.1) is 0 Å². The summed E-state index contributed by atoms with van der Waals surface area (Å²) in [6.45, 7) is 3.14. The molecule has 0 saturated carbocycles. The van der Waals surface area contributed by atoms with Crippen molar-refractivity contribution in [3.05, 3.63) is 48.5 Å². The average molecular weight is 540 g/mol. The van der Waals surface area contributed by atoms with Crippen molar-refractivity contribution in [2.45, 2.75) is 37.2 Å². The third kappa shape index (κ3) is 7.34. The number of sulfonamides is 2. The van der Waals surface area contributed by atoms with Gasteiger partial charge >= 0.3 is 0 Å². The maximum Gasteiger partial charge on any atom is 0.260 e. The van der Waals surface area contributed by atoms with Gasteiger partial charge in [0.1, 0.15) is 18.1 Å². The quantitative estimate of drug-likeness (QED) is 0.435. The number of ether oxygens (including phenoxy) is 2. The van der Waals surface area contributed by atoms with Gasteiger partial charge in [-0.1, -0.05) is 6.42 Å². The lowest BCUT2D eigenvalue weighted by Gasteiger charge is -2.25. The van der Waals surface area contributed by atoms with Crippen LogP contribution in [0.3, 0.4) is 0 Å². The van der Waals surface area contributed by atoms with Crippen molar-refractivity contribution in [3.8, 4) is 11.5 Å². The molecule has 36 heavy (non-hydrogen) atoms. The number of nitrogens with zero attached hydrogens (tertiary/aromatic N) is 2. The number of hydrogen-bond acceptors (Lipinski definition) is 7. The van der Waals surface area contributed by atoms with Gasteiger partial charge in [-0.2, -0.15) is 4.31 Å². The van der Waals surface area contributed by atoms with Crippen LogP contribution in [0.25, 0.3) is 0 Å². The summed E-state index contributed by atoms with van der Waals surface area (Å²) in [5.41, 5.74) is 0.483. The molecule has 0 aromatic heterocycles. The van der Waals surface area contributed by atoms with E-state index >= 15 is 0 Å². The molecule has 2 aromatic rings. The first-order valence-corrected chi connectivity index (χ1v) is 15.0. The molecular weight excluding hydrogens is 506 g/mol. The van der Waals surface area contributed by atoms with Crippen LogP contribution in [0, 0.1) is 0 Å². The molecule has 0 bridgehead atoms. The van der Waals surface area contributed by atoms with Gasteiger partial charge < -0.3 is 14.8 Å². The van der Waals surface area contributed by atoms with Crippen LogP contribution >= 0.6 is 0 Å². The first kappa shape index (κ1) is 27.8. The van der Waals surface area contributed by atoms with Crippen LogP contribution in [0.1, 0.15) is 26.2 Å². The van der Waals surface area contributed by atoms with Crippen molar-refractivity contribution >= 4 is 31.6 Å². The standard InChI is InChI=1S/C24H33N3O7S2/c1-19(34-22-9-7-20(8-10-22)26(2)35(3,29)30)24(28)25-15-18-33-21-11-13-23(14-12-21)36(31,32)27-16-5-4-6-17-27/h7-14,19H,4-6,15-18H2,1-3H3,(H,25,28)/t19-/m1/s1. The van der Waals surface area contributed by atoms with E-state index in [0.29, 0.717) is 30.3 Å². The number of benzene rings is 2. The van der Waals surface area contributed by atoms with E-state index in [1.54, 1.807) is 43.3 Å². The monoisotopic (exact) mass is 539 g/mol. The van der Waals surface area contributed by atoms with Crippen molar-refractivity contribution in [3.63, 3.8) is 0 Å². The van der Waals surface area contributed by atoms with Gasteiger partial charge in [0.25, 0.3) is 5.91 Å². The van der Waals surface area contributed by atoms with Gasteiger partial charge in [0.05, 0.1) is 23.4 Å². The van der Waals surface area contributed by atoms with E-state index in [4.69, 9.17) is 9.47 Å². The fourth-order valence-electron chi connectivity index (χ4n) is 3.63. The molecule has 1 amide bonds. The van der Waals surface area contributed by atoms with E-state index in [0.717, 1.165) is 29.8 Å². The molecule has 1 heterocycles. The van der Waals surface area contributed by atoms with Gasteiger partial charge in [0.2, 0.25) is 20.0 Å². The van der Waals surface area contributed by atoms with Crippen LogP contribution in [0.4, 0.5) is 5.69 Å². The summed E-state index contributed by atoms with van der Waals surface area (Å²) in [5.74, 6) is 0.600. The lowest BCUT2D eigenvalue weighted by Crippen LogP contribution is -2.38.